The predicted octanol–water partition coefficient (Wildman–Crippen LogP) is 3.17. The number of nitriles is 1. The van der Waals surface area contributed by atoms with E-state index in [1.54, 1.807) is 0 Å². The Labute approximate surface area is 119 Å². The predicted molar refractivity (Wildman–Crippen MR) is 80.9 cm³/mol. The maximum atomic E-state index is 9.47. The molecule has 4 atom stereocenters. The molecule has 0 aromatic heterocycles. The summed E-state index contributed by atoms with van der Waals surface area (Å²) in [6, 6.07) is 3.91. The van der Waals surface area contributed by atoms with Crippen LogP contribution in [0.15, 0.2) is 0 Å². The van der Waals surface area contributed by atoms with Crippen LogP contribution >= 0.6 is 0 Å². The zero-order chi connectivity index (χ0) is 14.6. The zero-order valence-corrected chi connectivity index (χ0v) is 13.5. The van der Waals surface area contributed by atoms with Crippen LogP contribution in [0.1, 0.15) is 60.8 Å². The van der Waals surface area contributed by atoms with E-state index >= 15 is 0 Å². The molecular weight excluding hydrogens is 234 g/mol. The monoisotopic (exact) mass is 265 g/mol. The van der Waals surface area contributed by atoms with Crippen molar-refractivity contribution in [3.8, 4) is 6.07 Å². The molecule has 0 bridgehead atoms. The molecule has 0 aromatic carbocycles. The van der Waals surface area contributed by atoms with Gasteiger partial charge in [0.25, 0.3) is 0 Å². The number of piperidine rings is 1. The lowest BCUT2D eigenvalue weighted by Gasteiger charge is -2.43. The van der Waals surface area contributed by atoms with Crippen LogP contribution in [0.25, 0.3) is 0 Å². The second-order valence-corrected chi connectivity index (χ2v) is 7.02. The molecule has 19 heavy (non-hydrogen) atoms. The van der Waals surface area contributed by atoms with Crippen molar-refractivity contribution in [2.45, 2.75) is 84.5 Å². The average molecular weight is 265 g/mol. The summed E-state index contributed by atoms with van der Waals surface area (Å²) in [6.07, 6.45) is 3.51. The molecule has 0 radical (unpaired) electrons. The Bertz CT molecular complexity index is 320. The van der Waals surface area contributed by atoms with E-state index in [4.69, 9.17) is 0 Å². The van der Waals surface area contributed by atoms with Crippen LogP contribution < -0.4 is 5.32 Å². The van der Waals surface area contributed by atoms with E-state index in [2.05, 4.69) is 50.9 Å². The van der Waals surface area contributed by atoms with Crippen LogP contribution in [0.5, 0.6) is 0 Å². The first-order valence-electron chi connectivity index (χ1n) is 7.72. The van der Waals surface area contributed by atoms with Crippen LogP contribution in [0, 0.1) is 17.2 Å². The van der Waals surface area contributed by atoms with Gasteiger partial charge in [-0.15, -0.1) is 0 Å². The first-order chi connectivity index (χ1) is 8.77. The number of likely N-dealkylation sites (tertiary alicyclic amines) is 1. The molecule has 1 rings (SSSR count). The van der Waals surface area contributed by atoms with E-state index in [-0.39, 0.29) is 0 Å². The number of hydrogen-bond donors (Lipinski definition) is 1. The minimum absolute atomic E-state index is 0.342. The van der Waals surface area contributed by atoms with Crippen molar-refractivity contribution in [2.24, 2.45) is 5.92 Å². The van der Waals surface area contributed by atoms with Gasteiger partial charge in [0.15, 0.2) is 0 Å². The maximum Gasteiger partial charge on any atom is 0.105 e. The number of hydrogen-bond acceptors (Lipinski definition) is 3. The molecule has 0 amide bonds. The summed E-state index contributed by atoms with van der Waals surface area (Å²) in [7, 11) is 0. The SMILES string of the molecule is CC1CCC(C)N(C(C)CC(C)(C#N)NC(C)C)C1. The van der Waals surface area contributed by atoms with Crippen molar-refractivity contribution in [2.75, 3.05) is 6.54 Å². The summed E-state index contributed by atoms with van der Waals surface area (Å²) >= 11 is 0. The molecule has 0 spiro atoms. The van der Waals surface area contributed by atoms with Crippen LogP contribution in [0.4, 0.5) is 0 Å². The molecule has 1 saturated heterocycles. The normalized spacial score (nSPS) is 29.8. The Morgan fingerprint density at radius 1 is 1.32 bits per heavy atom. The van der Waals surface area contributed by atoms with E-state index in [1.807, 2.05) is 6.92 Å². The highest BCUT2D eigenvalue weighted by Crippen LogP contribution is 2.26. The van der Waals surface area contributed by atoms with Gasteiger partial charge in [0.1, 0.15) is 5.54 Å². The van der Waals surface area contributed by atoms with Gasteiger partial charge in [0, 0.05) is 24.7 Å². The van der Waals surface area contributed by atoms with Gasteiger partial charge in [-0.1, -0.05) is 6.92 Å². The third kappa shape index (κ3) is 4.78. The summed E-state index contributed by atoms with van der Waals surface area (Å²) in [5.41, 5.74) is -0.423. The minimum atomic E-state index is -0.423. The first kappa shape index (κ1) is 16.5. The molecule has 1 aliphatic rings. The van der Waals surface area contributed by atoms with Gasteiger partial charge in [-0.25, -0.2) is 0 Å². The molecule has 1 aliphatic heterocycles. The lowest BCUT2D eigenvalue weighted by molar-refractivity contribution is 0.0706. The van der Waals surface area contributed by atoms with Crippen molar-refractivity contribution >= 4 is 0 Å². The molecule has 4 unspecified atom stereocenters. The summed E-state index contributed by atoms with van der Waals surface area (Å²) < 4.78 is 0. The van der Waals surface area contributed by atoms with E-state index in [1.165, 1.54) is 19.4 Å². The minimum Gasteiger partial charge on any atom is -0.298 e. The summed E-state index contributed by atoms with van der Waals surface area (Å²) in [6.45, 7) is 14.3. The first-order valence-corrected chi connectivity index (χ1v) is 7.72. The van der Waals surface area contributed by atoms with Crippen molar-refractivity contribution in [1.29, 1.82) is 5.26 Å². The summed E-state index contributed by atoms with van der Waals surface area (Å²) in [5.74, 6) is 0.782. The molecule has 1 heterocycles. The highest BCUT2D eigenvalue weighted by Gasteiger charge is 2.33. The van der Waals surface area contributed by atoms with Gasteiger partial charge in [0.2, 0.25) is 0 Å². The van der Waals surface area contributed by atoms with Crippen molar-refractivity contribution < 1.29 is 0 Å². The zero-order valence-electron chi connectivity index (χ0n) is 13.5. The fraction of sp³-hybridized carbons (Fsp3) is 0.938. The average Bonchev–Trinajstić information content (AvgIpc) is 2.31. The fourth-order valence-electron chi connectivity index (χ4n) is 3.42. The van der Waals surface area contributed by atoms with Crippen LogP contribution in [-0.4, -0.2) is 35.1 Å². The van der Waals surface area contributed by atoms with E-state index in [0.717, 1.165) is 12.3 Å². The third-order valence-corrected chi connectivity index (χ3v) is 4.29. The Balaban J connectivity index is 2.66. The quantitative estimate of drug-likeness (QED) is 0.830. The van der Waals surface area contributed by atoms with Gasteiger partial charge in [0.05, 0.1) is 6.07 Å². The van der Waals surface area contributed by atoms with Gasteiger partial charge in [-0.05, 0) is 59.8 Å². The van der Waals surface area contributed by atoms with Gasteiger partial charge in [-0.3, -0.25) is 10.2 Å². The largest absolute Gasteiger partial charge is 0.298 e. The van der Waals surface area contributed by atoms with E-state index in [0.29, 0.717) is 18.1 Å². The maximum absolute atomic E-state index is 9.47. The number of rotatable bonds is 5. The topological polar surface area (TPSA) is 39.1 Å². The van der Waals surface area contributed by atoms with E-state index < -0.39 is 5.54 Å². The lowest BCUT2D eigenvalue weighted by Crippen LogP contribution is -2.53. The highest BCUT2D eigenvalue weighted by atomic mass is 15.2. The Hall–Kier alpha value is -0.590. The summed E-state index contributed by atoms with van der Waals surface area (Å²) in [5, 5.41) is 12.9. The summed E-state index contributed by atoms with van der Waals surface area (Å²) in [4.78, 5) is 2.59. The Morgan fingerprint density at radius 2 is 1.95 bits per heavy atom. The smallest absolute Gasteiger partial charge is 0.105 e. The molecular formula is C16H31N3. The van der Waals surface area contributed by atoms with Crippen molar-refractivity contribution in [3.05, 3.63) is 0 Å². The molecule has 3 nitrogen and oxygen atoms in total. The fourth-order valence-corrected chi connectivity index (χ4v) is 3.42. The number of nitrogens with one attached hydrogen (secondary N) is 1. The van der Waals surface area contributed by atoms with Gasteiger partial charge in [-0.2, -0.15) is 5.26 Å². The van der Waals surface area contributed by atoms with Crippen LogP contribution in [-0.2, 0) is 0 Å². The molecule has 0 saturated carbocycles. The second kappa shape index (κ2) is 6.72. The standard InChI is InChI=1S/C16H31N3/c1-12(2)18-16(6,11-17)9-15(5)19-10-13(3)7-8-14(19)4/h12-15,18H,7-10H2,1-6H3. The van der Waals surface area contributed by atoms with Crippen molar-refractivity contribution in [3.63, 3.8) is 0 Å². The molecule has 1 fully saturated rings. The molecule has 3 heteroatoms. The second-order valence-electron chi connectivity index (χ2n) is 7.02. The van der Waals surface area contributed by atoms with E-state index in [9.17, 15) is 5.26 Å². The Kier molecular flexibility index (Phi) is 5.82. The van der Waals surface area contributed by atoms with Crippen molar-refractivity contribution in [1.82, 2.24) is 10.2 Å². The lowest BCUT2D eigenvalue weighted by atomic mass is 9.89. The molecule has 0 aliphatic carbocycles. The Morgan fingerprint density at radius 3 is 2.47 bits per heavy atom. The number of nitrogens with zero attached hydrogens (tertiary/aromatic N) is 2. The molecule has 110 valence electrons. The highest BCUT2D eigenvalue weighted by molar-refractivity contribution is 5.06. The van der Waals surface area contributed by atoms with Gasteiger partial charge < -0.3 is 0 Å². The van der Waals surface area contributed by atoms with Crippen LogP contribution in [0.3, 0.4) is 0 Å². The van der Waals surface area contributed by atoms with Crippen LogP contribution in [0.2, 0.25) is 0 Å². The molecule has 0 aromatic rings. The third-order valence-electron chi connectivity index (χ3n) is 4.29. The van der Waals surface area contributed by atoms with Gasteiger partial charge >= 0.3 is 0 Å². The molecule has 1 N–H and O–H groups in total.